The van der Waals surface area contributed by atoms with Crippen LogP contribution in [0.2, 0.25) is 0 Å². The maximum atomic E-state index is 7.59. The lowest BCUT2D eigenvalue weighted by molar-refractivity contribution is 0.487. The fourth-order valence-corrected chi connectivity index (χ4v) is 24.2. The summed E-state index contributed by atoms with van der Waals surface area (Å²) in [4.78, 5) is 8.12. The van der Waals surface area contributed by atoms with Gasteiger partial charge in [-0.05, 0) is 236 Å². The number of hydrogen-bond donors (Lipinski definition) is 1. The van der Waals surface area contributed by atoms with E-state index in [9.17, 15) is 0 Å². The highest BCUT2D eigenvalue weighted by molar-refractivity contribution is 7.04. The summed E-state index contributed by atoms with van der Waals surface area (Å²) in [5, 5.41) is 14.2. The monoisotopic (exact) mass is 1570 g/mol. The molecule has 0 spiro atoms. The molecular formula is C111H79B3N8O. The number of para-hydroxylation sites is 9. The predicted molar refractivity (Wildman–Crippen MR) is 521 cm³/mol. The summed E-state index contributed by atoms with van der Waals surface area (Å²) in [6, 6.07) is 119. The number of aromatic nitrogens is 4. The van der Waals surface area contributed by atoms with E-state index in [2.05, 4.69) is 410 Å². The molecule has 10 heterocycles. The van der Waals surface area contributed by atoms with Crippen LogP contribution >= 0.6 is 0 Å². The number of benzene rings is 17. The molecule has 0 amide bonds. The highest BCUT2D eigenvalue weighted by atomic mass is 16.5. The van der Waals surface area contributed by atoms with Crippen molar-refractivity contribution in [1.82, 2.24) is 18.3 Å². The summed E-state index contributed by atoms with van der Waals surface area (Å²) in [5.74, 6) is 1.72. The number of aryl methyl sites for hydroxylation is 9. The van der Waals surface area contributed by atoms with Gasteiger partial charge in [0.2, 0.25) is 0 Å². The lowest BCUT2D eigenvalue weighted by Crippen LogP contribution is -2.66. The summed E-state index contributed by atoms with van der Waals surface area (Å²) in [7, 11) is 0. The van der Waals surface area contributed by atoms with Gasteiger partial charge in [0.05, 0.1) is 72.7 Å². The number of nitrogens with one attached hydrogen (secondary N) is 1. The van der Waals surface area contributed by atoms with Crippen LogP contribution in [0.1, 0.15) is 50.1 Å². The second kappa shape index (κ2) is 24.7. The van der Waals surface area contributed by atoms with Gasteiger partial charge in [0.1, 0.15) is 11.5 Å². The number of ether oxygens (including phenoxy) is 1. The second-order valence-corrected chi connectivity index (χ2v) is 35.7. The van der Waals surface area contributed by atoms with Crippen molar-refractivity contribution < 1.29 is 4.74 Å². The normalized spacial score (nSPS) is 13.6. The zero-order valence-corrected chi connectivity index (χ0v) is 69.7. The third-order valence-corrected chi connectivity index (χ3v) is 28.4. The van der Waals surface area contributed by atoms with Crippen molar-refractivity contribution in [3.63, 3.8) is 0 Å². The van der Waals surface area contributed by atoms with Gasteiger partial charge in [0.25, 0.3) is 20.1 Å². The summed E-state index contributed by atoms with van der Waals surface area (Å²) in [6.45, 7) is 20.0. The van der Waals surface area contributed by atoms with Crippen molar-refractivity contribution in [3.05, 3.63) is 359 Å². The zero-order chi connectivity index (χ0) is 81.7. The maximum absolute atomic E-state index is 7.59. The van der Waals surface area contributed by atoms with Gasteiger partial charge in [-0.2, -0.15) is 0 Å². The molecule has 6 aliphatic rings. The lowest BCUT2D eigenvalue weighted by atomic mass is 9.29. The van der Waals surface area contributed by atoms with Gasteiger partial charge >= 0.3 is 0 Å². The number of nitrogens with zero attached hydrogens (tertiary/aromatic N) is 7. The molecule has 0 saturated heterocycles. The minimum atomic E-state index is -0.346. The smallest absolute Gasteiger partial charge is 0.256 e. The van der Waals surface area contributed by atoms with Crippen LogP contribution in [0.3, 0.4) is 0 Å². The average molecular weight is 1570 g/mol. The summed E-state index contributed by atoms with van der Waals surface area (Å²) >= 11 is 0. The van der Waals surface area contributed by atoms with Gasteiger partial charge in [-0.25, -0.2) is 0 Å². The molecule has 0 saturated carbocycles. The summed E-state index contributed by atoms with van der Waals surface area (Å²) in [5.41, 5.74) is 48.3. The molecule has 0 fully saturated rings. The number of hydrogen-bond acceptors (Lipinski definition) is 5. The third-order valence-electron chi connectivity index (χ3n) is 28.4. The first-order chi connectivity index (χ1) is 60.2. The topological polar surface area (TPSA) is 50.7 Å². The Morgan fingerprint density at radius 3 is 1.02 bits per heavy atom. The van der Waals surface area contributed by atoms with Crippen molar-refractivity contribution in [3.8, 4) is 34.2 Å². The minimum absolute atomic E-state index is 0.185. The minimum Gasteiger partial charge on any atom is -0.458 e. The molecule has 0 atom stereocenters. The summed E-state index contributed by atoms with van der Waals surface area (Å²) < 4.78 is 17.7. The van der Waals surface area contributed by atoms with E-state index >= 15 is 0 Å². The van der Waals surface area contributed by atoms with Crippen LogP contribution < -0.4 is 73.9 Å². The number of rotatable bonds is 6. The Morgan fingerprint density at radius 1 is 0.228 bits per heavy atom. The van der Waals surface area contributed by atoms with E-state index in [0.717, 1.165) is 113 Å². The molecule has 21 aromatic rings. The van der Waals surface area contributed by atoms with E-state index in [-0.39, 0.29) is 20.1 Å². The molecule has 0 radical (unpaired) electrons. The molecule has 4 aromatic heterocycles. The number of fused-ring (bicyclic) bond motifs is 24. The van der Waals surface area contributed by atoms with Gasteiger partial charge in [-0.1, -0.05) is 229 Å². The first kappa shape index (κ1) is 69.0. The Balaban J connectivity index is 0.801. The van der Waals surface area contributed by atoms with Crippen molar-refractivity contribution in [2.45, 2.75) is 62.3 Å². The van der Waals surface area contributed by atoms with E-state index < -0.39 is 0 Å². The van der Waals surface area contributed by atoms with Crippen LogP contribution in [-0.4, -0.2) is 38.4 Å². The molecule has 9 nitrogen and oxygen atoms in total. The molecule has 12 heteroatoms. The number of anilines is 11. The fraction of sp³-hybridized carbons (Fsp3) is 0.0811. The van der Waals surface area contributed by atoms with E-state index in [4.69, 9.17) is 4.74 Å². The highest BCUT2D eigenvalue weighted by Crippen LogP contribution is 2.54. The fourth-order valence-electron chi connectivity index (χ4n) is 24.2. The SMILES string of the molecule is Cc1cc(C)c(N2c3cc4c(cc3B3c5ccccc5Oc5cc(-n6c7ccccc7c7ccccc76)cc2c53)B2c3cc5c(cc3N(c3c(C)cc(C)cc3C)c3cc(-n6c7ccccc7c7ccccc76)cc(c32)N4c2c(C)cc(C)cc2C)Nc2cc(-n3c4ccccc4c4ccccc43)cc3c2B5c2cccc4c5ccccc5n-3c24)c(C)c1. The molecule has 1 N–H and O–H groups in total. The summed E-state index contributed by atoms with van der Waals surface area (Å²) in [6.07, 6.45) is 0. The second-order valence-electron chi connectivity index (χ2n) is 35.7. The van der Waals surface area contributed by atoms with Gasteiger partial charge in [0, 0.05) is 106 Å². The van der Waals surface area contributed by atoms with Crippen LogP contribution in [0.25, 0.3) is 110 Å². The van der Waals surface area contributed by atoms with E-state index in [1.165, 1.54) is 171 Å². The molecule has 578 valence electrons. The van der Waals surface area contributed by atoms with E-state index in [1.807, 2.05) is 0 Å². The predicted octanol–water partition coefficient (Wildman–Crippen LogP) is 22.2. The van der Waals surface area contributed by atoms with Gasteiger partial charge in [-0.3, -0.25) is 0 Å². The quantitative estimate of drug-likeness (QED) is 0.168. The first-order valence-corrected chi connectivity index (χ1v) is 43.3. The van der Waals surface area contributed by atoms with Crippen LogP contribution in [0.4, 0.5) is 62.6 Å². The average Bonchev–Trinajstić information content (AvgIpc) is 0.864. The van der Waals surface area contributed by atoms with Crippen LogP contribution in [0, 0.1) is 62.3 Å². The van der Waals surface area contributed by atoms with Crippen LogP contribution in [0.5, 0.6) is 11.5 Å². The molecule has 6 aliphatic heterocycles. The molecular weight excluding hydrogens is 1490 g/mol. The zero-order valence-electron chi connectivity index (χ0n) is 69.7. The maximum Gasteiger partial charge on any atom is 0.256 e. The first-order valence-electron chi connectivity index (χ1n) is 43.3. The Labute approximate surface area is 713 Å². The van der Waals surface area contributed by atoms with Crippen LogP contribution in [-0.2, 0) is 0 Å². The Morgan fingerprint density at radius 2 is 0.561 bits per heavy atom. The van der Waals surface area contributed by atoms with Crippen molar-refractivity contribution in [2.75, 3.05) is 20.0 Å². The van der Waals surface area contributed by atoms with Crippen molar-refractivity contribution >= 4 is 219 Å². The Bertz CT molecular complexity index is 8230. The molecule has 123 heavy (non-hydrogen) atoms. The van der Waals surface area contributed by atoms with Crippen molar-refractivity contribution in [2.24, 2.45) is 0 Å². The van der Waals surface area contributed by atoms with E-state index in [0.29, 0.717) is 0 Å². The Hall–Kier alpha value is -14.9. The Kier molecular flexibility index (Phi) is 13.8. The van der Waals surface area contributed by atoms with Crippen molar-refractivity contribution in [1.29, 1.82) is 0 Å². The standard InChI is InChI=1S/C111H79B3N8O/c1-61-45-64(4)108(65(5)46-61)120-96-59-87-83(113-82-36-26-34-80-79-33-16-24-43-95(79)119(111(80)82)99-52-70(51-88(115-87)105(99)113)116-89-37-18-10-27-73(89)74-28-11-19-38-90(74)116)57-84(96)114-86-58-85-97(60-98(86)121(109-66(6)47-62(2)48-67(109)7)101-54-71(53-100(120)106(101)114)117-91-39-20-12-29-75(91)76-30-13-21-40-92(76)117)122(110-68(8)49-63(3)50-69(110)9)102-55-72(56-104-107(102)112(85)81-35-17-25-44-103(81)123-104)118-93-41-22-14-31-77(93)78-32-15-23-42-94(78)118/h10-60,115H,1-9H3. The van der Waals surface area contributed by atoms with Gasteiger partial charge in [-0.15, -0.1) is 0 Å². The molecule has 0 aliphatic carbocycles. The third kappa shape index (κ3) is 9.18. The molecule has 17 aromatic carbocycles. The molecule has 0 unspecified atom stereocenters. The largest absolute Gasteiger partial charge is 0.458 e. The molecule has 0 bridgehead atoms. The highest BCUT2D eigenvalue weighted by Gasteiger charge is 2.51. The van der Waals surface area contributed by atoms with Gasteiger partial charge in [0.15, 0.2) is 0 Å². The van der Waals surface area contributed by atoms with Gasteiger partial charge < -0.3 is 43.0 Å². The molecule has 27 rings (SSSR count). The van der Waals surface area contributed by atoms with Crippen LogP contribution in [0.15, 0.2) is 309 Å². The van der Waals surface area contributed by atoms with E-state index in [1.54, 1.807) is 0 Å². The lowest BCUT2D eigenvalue weighted by Gasteiger charge is -2.48.